The van der Waals surface area contributed by atoms with Crippen LogP contribution in [-0.4, -0.2) is 15.2 Å². The Kier molecular flexibility index (Phi) is 3.47. The summed E-state index contributed by atoms with van der Waals surface area (Å²) in [7, 11) is 0. The van der Waals surface area contributed by atoms with Crippen molar-refractivity contribution in [1.82, 2.24) is 9.38 Å². The third-order valence-corrected chi connectivity index (χ3v) is 4.08. The number of imidazole rings is 1. The zero-order valence-electron chi connectivity index (χ0n) is 13.3. The lowest BCUT2D eigenvalue weighted by molar-refractivity contribution is 0.102. The van der Waals surface area contributed by atoms with Crippen LogP contribution in [0.4, 0.5) is 0 Å². The molecule has 0 aliphatic carbocycles. The van der Waals surface area contributed by atoms with Crippen molar-refractivity contribution in [2.45, 2.75) is 6.92 Å². The molecule has 0 aliphatic rings. The Balaban J connectivity index is 1.92. The first kappa shape index (κ1) is 14.4. The van der Waals surface area contributed by atoms with Gasteiger partial charge < -0.3 is 0 Å². The first-order valence-corrected chi connectivity index (χ1v) is 7.88. The van der Waals surface area contributed by atoms with Crippen molar-refractivity contribution in [2.75, 3.05) is 0 Å². The number of carbonyl (C=O) groups excluding carboxylic acids is 1. The van der Waals surface area contributed by atoms with Gasteiger partial charge in [-0.15, -0.1) is 0 Å². The van der Waals surface area contributed by atoms with Crippen molar-refractivity contribution in [3.8, 4) is 11.3 Å². The number of pyridine rings is 1. The van der Waals surface area contributed by atoms with Gasteiger partial charge in [0.15, 0.2) is 5.82 Å². The molecule has 0 N–H and O–H groups in total. The van der Waals surface area contributed by atoms with E-state index >= 15 is 0 Å². The monoisotopic (exact) mass is 312 g/mol. The Morgan fingerprint density at radius 3 is 2.50 bits per heavy atom. The molecule has 3 heteroatoms. The minimum Gasteiger partial charge on any atom is -0.296 e. The Labute approximate surface area is 140 Å². The summed E-state index contributed by atoms with van der Waals surface area (Å²) in [6.07, 6.45) is 1.89. The molecule has 0 radical (unpaired) electrons. The van der Waals surface area contributed by atoms with Crippen LogP contribution in [0.1, 0.15) is 21.7 Å². The summed E-state index contributed by atoms with van der Waals surface area (Å²) in [4.78, 5) is 17.7. The SMILES string of the molecule is Cc1cccc(C(=O)c2nc(-c3ccccc3)c3ccccn23)c1. The number of nitrogens with zero attached hydrogens (tertiary/aromatic N) is 2. The Hall–Kier alpha value is -3.20. The highest BCUT2D eigenvalue weighted by molar-refractivity contribution is 6.08. The average molecular weight is 312 g/mol. The van der Waals surface area contributed by atoms with E-state index < -0.39 is 0 Å². The van der Waals surface area contributed by atoms with E-state index in [-0.39, 0.29) is 5.78 Å². The lowest BCUT2D eigenvalue weighted by atomic mass is 10.1. The van der Waals surface area contributed by atoms with Crippen LogP contribution in [0.2, 0.25) is 0 Å². The zero-order valence-corrected chi connectivity index (χ0v) is 13.3. The fourth-order valence-electron chi connectivity index (χ4n) is 2.92. The molecule has 0 aliphatic heterocycles. The summed E-state index contributed by atoms with van der Waals surface area (Å²) in [6, 6.07) is 23.4. The lowest BCUT2D eigenvalue weighted by Gasteiger charge is -2.01. The molecule has 0 saturated heterocycles. The molecule has 0 fully saturated rings. The first-order valence-electron chi connectivity index (χ1n) is 7.88. The fourth-order valence-corrected chi connectivity index (χ4v) is 2.92. The van der Waals surface area contributed by atoms with Crippen molar-refractivity contribution < 1.29 is 4.79 Å². The predicted molar refractivity (Wildman–Crippen MR) is 95.2 cm³/mol. The van der Waals surface area contributed by atoms with E-state index in [2.05, 4.69) is 4.98 Å². The van der Waals surface area contributed by atoms with Gasteiger partial charge in [-0.1, -0.05) is 60.2 Å². The maximum atomic E-state index is 13.0. The van der Waals surface area contributed by atoms with E-state index in [4.69, 9.17) is 0 Å². The number of fused-ring (bicyclic) bond motifs is 1. The molecule has 0 bridgehead atoms. The number of rotatable bonds is 3. The van der Waals surface area contributed by atoms with Crippen LogP contribution in [-0.2, 0) is 0 Å². The number of carbonyl (C=O) groups is 1. The van der Waals surface area contributed by atoms with Crippen molar-refractivity contribution in [3.05, 3.63) is 95.9 Å². The van der Waals surface area contributed by atoms with Gasteiger partial charge in [-0.2, -0.15) is 0 Å². The molecule has 24 heavy (non-hydrogen) atoms. The number of aromatic nitrogens is 2. The maximum absolute atomic E-state index is 13.0. The number of hydrogen-bond donors (Lipinski definition) is 0. The van der Waals surface area contributed by atoms with E-state index in [1.54, 1.807) is 0 Å². The smallest absolute Gasteiger partial charge is 0.228 e. The molecule has 4 aromatic rings. The Bertz CT molecular complexity index is 1030. The summed E-state index contributed by atoms with van der Waals surface area (Å²) in [6.45, 7) is 1.98. The van der Waals surface area contributed by atoms with E-state index in [0.29, 0.717) is 11.4 Å². The highest BCUT2D eigenvalue weighted by Crippen LogP contribution is 2.25. The van der Waals surface area contributed by atoms with Gasteiger partial charge in [0, 0.05) is 17.3 Å². The van der Waals surface area contributed by atoms with E-state index in [9.17, 15) is 4.79 Å². The molecule has 116 valence electrons. The molecule has 0 unspecified atom stereocenters. The van der Waals surface area contributed by atoms with Crippen LogP contribution in [0.3, 0.4) is 0 Å². The molecule has 2 aromatic heterocycles. The largest absolute Gasteiger partial charge is 0.296 e. The fraction of sp³-hybridized carbons (Fsp3) is 0.0476. The van der Waals surface area contributed by atoms with Gasteiger partial charge in [0.1, 0.15) is 0 Å². The van der Waals surface area contributed by atoms with Gasteiger partial charge in [0.25, 0.3) is 0 Å². The van der Waals surface area contributed by atoms with Crippen LogP contribution in [0.15, 0.2) is 79.0 Å². The van der Waals surface area contributed by atoms with Crippen LogP contribution in [0.25, 0.3) is 16.8 Å². The lowest BCUT2D eigenvalue weighted by Crippen LogP contribution is -2.07. The summed E-state index contributed by atoms with van der Waals surface area (Å²) in [5, 5.41) is 0. The number of benzene rings is 2. The molecule has 2 aromatic carbocycles. The van der Waals surface area contributed by atoms with Crippen molar-refractivity contribution >= 4 is 11.3 Å². The highest BCUT2D eigenvalue weighted by Gasteiger charge is 2.19. The summed E-state index contributed by atoms with van der Waals surface area (Å²) >= 11 is 0. The van der Waals surface area contributed by atoms with Crippen LogP contribution in [0, 0.1) is 6.92 Å². The van der Waals surface area contributed by atoms with Crippen molar-refractivity contribution in [1.29, 1.82) is 0 Å². The van der Waals surface area contributed by atoms with Gasteiger partial charge in [-0.05, 0) is 25.1 Å². The second-order valence-electron chi connectivity index (χ2n) is 5.80. The molecule has 4 rings (SSSR count). The van der Waals surface area contributed by atoms with Crippen LogP contribution >= 0.6 is 0 Å². The van der Waals surface area contributed by atoms with Gasteiger partial charge in [0.2, 0.25) is 5.78 Å². The average Bonchev–Trinajstić information content (AvgIpc) is 3.01. The van der Waals surface area contributed by atoms with Gasteiger partial charge in [-0.25, -0.2) is 4.98 Å². The van der Waals surface area contributed by atoms with Gasteiger partial charge >= 0.3 is 0 Å². The Morgan fingerprint density at radius 1 is 0.917 bits per heavy atom. The second kappa shape index (κ2) is 5.78. The number of hydrogen-bond acceptors (Lipinski definition) is 2. The van der Waals surface area contributed by atoms with E-state index in [1.807, 2.05) is 90.3 Å². The van der Waals surface area contributed by atoms with Crippen molar-refractivity contribution in [2.24, 2.45) is 0 Å². The van der Waals surface area contributed by atoms with E-state index in [0.717, 1.165) is 22.3 Å². The van der Waals surface area contributed by atoms with E-state index in [1.165, 1.54) is 0 Å². The minimum absolute atomic E-state index is 0.0675. The standard InChI is InChI=1S/C21H16N2O/c1-15-8-7-11-17(14-15)20(24)21-22-19(16-9-3-2-4-10-16)18-12-5-6-13-23(18)21/h2-14H,1H3. The number of aryl methyl sites for hydroxylation is 1. The second-order valence-corrected chi connectivity index (χ2v) is 5.80. The molecular formula is C21H16N2O. The third kappa shape index (κ3) is 2.40. The molecule has 0 atom stereocenters. The molecule has 2 heterocycles. The van der Waals surface area contributed by atoms with Crippen LogP contribution < -0.4 is 0 Å². The minimum atomic E-state index is -0.0675. The summed E-state index contributed by atoms with van der Waals surface area (Å²) in [5.41, 5.74) is 4.48. The molecule has 0 amide bonds. The quantitative estimate of drug-likeness (QED) is 0.520. The summed E-state index contributed by atoms with van der Waals surface area (Å²) < 4.78 is 1.87. The highest BCUT2D eigenvalue weighted by atomic mass is 16.1. The molecular weight excluding hydrogens is 296 g/mol. The molecule has 0 spiro atoms. The first-order chi connectivity index (χ1) is 11.7. The third-order valence-electron chi connectivity index (χ3n) is 4.08. The Morgan fingerprint density at radius 2 is 1.71 bits per heavy atom. The van der Waals surface area contributed by atoms with Crippen LogP contribution in [0.5, 0.6) is 0 Å². The topological polar surface area (TPSA) is 34.4 Å². The van der Waals surface area contributed by atoms with Gasteiger partial charge in [0.05, 0.1) is 11.2 Å². The number of ketones is 1. The van der Waals surface area contributed by atoms with Gasteiger partial charge in [-0.3, -0.25) is 9.20 Å². The molecule has 3 nitrogen and oxygen atoms in total. The maximum Gasteiger partial charge on any atom is 0.228 e. The van der Waals surface area contributed by atoms with Crippen molar-refractivity contribution in [3.63, 3.8) is 0 Å². The molecule has 0 saturated carbocycles. The predicted octanol–water partition coefficient (Wildman–Crippen LogP) is 4.54. The summed E-state index contributed by atoms with van der Waals surface area (Å²) in [5.74, 6) is 0.372. The normalized spacial score (nSPS) is 10.9. The zero-order chi connectivity index (χ0) is 16.5.